The lowest BCUT2D eigenvalue weighted by Crippen LogP contribution is -2.25. The van der Waals surface area contributed by atoms with E-state index in [2.05, 4.69) is 10.2 Å². The predicted molar refractivity (Wildman–Crippen MR) is 197 cm³/mol. The molecule has 1 aliphatic carbocycles. The van der Waals surface area contributed by atoms with Gasteiger partial charge in [0.2, 0.25) is 10.0 Å². The van der Waals surface area contributed by atoms with Crippen LogP contribution in [0.3, 0.4) is 0 Å². The summed E-state index contributed by atoms with van der Waals surface area (Å²) in [6.07, 6.45) is 2.42. The highest BCUT2D eigenvalue weighted by molar-refractivity contribution is 7.92. The molecule has 3 aromatic carbocycles. The number of amides is 1. The molecule has 1 saturated carbocycles. The van der Waals surface area contributed by atoms with Crippen molar-refractivity contribution in [3.8, 4) is 22.6 Å². The molecule has 1 aliphatic heterocycles. The molecule has 1 saturated heterocycles. The molecule has 1 N–H and O–H groups in total. The van der Waals surface area contributed by atoms with E-state index < -0.39 is 10.0 Å². The first kappa shape index (κ1) is 31.6. The van der Waals surface area contributed by atoms with Crippen LogP contribution in [0.5, 0.6) is 0 Å². The average Bonchev–Trinajstić information content (AvgIpc) is 3.41. The zero-order chi connectivity index (χ0) is 35.3. The molecule has 5 heterocycles. The van der Waals surface area contributed by atoms with Gasteiger partial charge in [-0.15, -0.1) is 0 Å². The molecule has 12 heteroatoms. The van der Waals surface area contributed by atoms with Crippen LogP contribution in [0.2, 0.25) is 0 Å². The standard InChI is InChI=1S/C39H35FN6O4S/c1-21-8-10-22(11-9-21)38-36(39(47)41-2)27-15-26(32(17-34(27)50-38)44(3)51(4,48)49)29-12-13-30-37(43-29)33-16-25-28(40)6-5-7-31(25)46(33)35(42-30)20-45-18-23-14-24(23)19-45/h5-13,15-17,23-24H,14,18-20H2,1-4H3,(H,41,47). The molecule has 2 atom stereocenters. The second kappa shape index (κ2) is 11.3. The molecule has 0 radical (unpaired) electrons. The predicted octanol–water partition coefficient (Wildman–Crippen LogP) is 6.77. The number of halogens is 1. The molecule has 7 aromatic rings. The summed E-state index contributed by atoms with van der Waals surface area (Å²) in [5, 5.41) is 3.71. The number of pyridine rings is 1. The number of piperidine rings is 1. The minimum atomic E-state index is -3.73. The number of rotatable bonds is 7. The summed E-state index contributed by atoms with van der Waals surface area (Å²) in [7, 11) is -0.702. The van der Waals surface area contributed by atoms with Crippen molar-refractivity contribution >= 4 is 60.0 Å². The third kappa shape index (κ3) is 5.15. The molecular formula is C39H35FN6O4S. The van der Waals surface area contributed by atoms with Gasteiger partial charge in [0, 0.05) is 55.2 Å². The molecule has 10 nitrogen and oxygen atoms in total. The molecule has 51 heavy (non-hydrogen) atoms. The van der Waals surface area contributed by atoms with E-state index >= 15 is 4.39 Å². The van der Waals surface area contributed by atoms with Gasteiger partial charge in [0.1, 0.15) is 28.5 Å². The lowest BCUT2D eigenvalue weighted by molar-refractivity contribution is 0.0964. The summed E-state index contributed by atoms with van der Waals surface area (Å²) in [5.74, 6) is 2.02. The third-order valence-corrected chi connectivity index (χ3v) is 11.7. The van der Waals surface area contributed by atoms with Crippen molar-refractivity contribution < 1.29 is 22.0 Å². The fraction of sp³-hybridized carbons (Fsp3) is 0.256. The zero-order valence-electron chi connectivity index (χ0n) is 28.6. The van der Waals surface area contributed by atoms with Crippen molar-refractivity contribution in [2.45, 2.75) is 19.9 Å². The van der Waals surface area contributed by atoms with Crippen LogP contribution < -0.4 is 9.62 Å². The summed E-state index contributed by atoms with van der Waals surface area (Å²) < 4.78 is 50.8. The Balaban J connectivity index is 1.29. The van der Waals surface area contributed by atoms with Gasteiger partial charge < -0.3 is 9.73 Å². The van der Waals surface area contributed by atoms with Gasteiger partial charge in [0.15, 0.2) is 0 Å². The van der Waals surface area contributed by atoms with Gasteiger partial charge in [0.05, 0.1) is 46.3 Å². The Morgan fingerprint density at radius 3 is 2.49 bits per heavy atom. The Hall–Kier alpha value is -5.33. The maximum Gasteiger partial charge on any atom is 0.255 e. The van der Waals surface area contributed by atoms with E-state index in [-0.39, 0.29) is 11.7 Å². The van der Waals surface area contributed by atoms with Crippen molar-refractivity contribution in [3.63, 3.8) is 0 Å². The van der Waals surface area contributed by atoms with Crippen LogP contribution in [0.4, 0.5) is 10.1 Å². The normalized spacial score (nSPS) is 17.5. The zero-order valence-corrected chi connectivity index (χ0v) is 29.4. The van der Waals surface area contributed by atoms with E-state index in [4.69, 9.17) is 14.4 Å². The van der Waals surface area contributed by atoms with Gasteiger partial charge in [-0.2, -0.15) is 0 Å². The highest BCUT2D eigenvalue weighted by Gasteiger charge is 2.45. The number of anilines is 1. The van der Waals surface area contributed by atoms with Gasteiger partial charge in [-0.25, -0.2) is 22.8 Å². The van der Waals surface area contributed by atoms with Crippen molar-refractivity contribution in [2.24, 2.45) is 11.8 Å². The Labute approximate surface area is 293 Å². The fourth-order valence-electron chi connectivity index (χ4n) is 7.68. The second-order valence-corrected chi connectivity index (χ2v) is 15.9. The minimum absolute atomic E-state index is 0.323. The van der Waals surface area contributed by atoms with Crippen molar-refractivity contribution in [1.82, 2.24) is 24.6 Å². The molecule has 2 fully saturated rings. The minimum Gasteiger partial charge on any atom is -0.455 e. The number of nitrogens with zero attached hydrogens (tertiary/aromatic N) is 5. The monoisotopic (exact) mass is 702 g/mol. The van der Waals surface area contributed by atoms with Crippen LogP contribution >= 0.6 is 0 Å². The number of fused-ring (bicyclic) bond motifs is 7. The number of aromatic nitrogens is 3. The van der Waals surface area contributed by atoms with E-state index in [1.807, 2.05) is 59.9 Å². The summed E-state index contributed by atoms with van der Waals surface area (Å²) in [5.41, 5.74) is 6.29. The van der Waals surface area contributed by atoms with Gasteiger partial charge in [0.25, 0.3) is 5.91 Å². The Morgan fingerprint density at radius 1 is 1.00 bits per heavy atom. The molecular weight excluding hydrogens is 668 g/mol. The third-order valence-electron chi connectivity index (χ3n) is 10.5. The molecule has 0 bridgehead atoms. The number of sulfonamides is 1. The van der Waals surface area contributed by atoms with E-state index in [9.17, 15) is 13.2 Å². The number of carbonyl (C=O) groups excluding carboxylic acids is 1. The molecule has 9 rings (SSSR count). The quantitative estimate of drug-likeness (QED) is 0.195. The highest BCUT2D eigenvalue weighted by Crippen LogP contribution is 2.46. The first-order valence-electron chi connectivity index (χ1n) is 16.9. The van der Waals surface area contributed by atoms with Crippen LogP contribution in [0.1, 0.15) is 28.2 Å². The number of likely N-dealkylation sites (tertiary alicyclic amines) is 1. The van der Waals surface area contributed by atoms with E-state index in [0.29, 0.717) is 78.8 Å². The van der Waals surface area contributed by atoms with Crippen LogP contribution in [0.25, 0.3) is 61.0 Å². The number of carbonyl (C=O) groups is 1. The lowest BCUT2D eigenvalue weighted by atomic mass is 10.00. The summed E-state index contributed by atoms with van der Waals surface area (Å²) in [6, 6.07) is 21.6. The maximum absolute atomic E-state index is 15.3. The molecule has 0 spiro atoms. The van der Waals surface area contributed by atoms with Crippen LogP contribution in [-0.2, 0) is 16.6 Å². The molecule has 2 aliphatic rings. The highest BCUT2D eigenvalue weighted by atomic mass is 32.2. The van der Waals surface area contributed by atoms with E-state index in [0.717, 1.165) is 42.6 Å². The first-order valence-corrected chi connectivity index (χ1v) is 18.8. The molecule has 1 amide bonds. The van der Waals surface area contributed by atoms with Crippen molar-refractivity contribution in [3.05, 3.63) is 95.6 Å². The van der Waals surface area contributed by atoms with E-state index in [1.165, 1.54) is 23.8 Å². The largest absolute Gasteiger partial charge is 0.455 e. The van der Waals surface area contributed by atoms with Gasteiger partial charge in [-0.05, 0) is 61.6 Å². The number of furan rings is 1. The van der Waals surface area contributed by atoms with Gasteiger partial charge in [-0.1, -0.05) is 35.9 Å². The number of nitrogens with one attached hydrogen (secondary N) is 1. The Bertz CT molecular complexity index is 2690. The number of benzene rings is 3. The van der Waals surface area contributed by atoms with Gasteiger partial charge >= 0.3 is 0 Å². The van der Waals surface area contributed by atoms with Crippen molar-refractivity contribution in [1.29, 1.82) is 0 Å². The molecule has 258 valence electrons. The van der Waals surface area contributed by atoms with Crippen molar-refractivity contribution in [2.75, 3.05) is 37.7 Å². The first-order chi connectivity index (χ1) is 24.5. The average molecular weight is 703 g/mol. The van der Waals surface area contributed by atoms with Crippen LogP contribution in [0.15, 0.2) is 77.2 Å². The number of aryl methyl sites for hydroxylation is 1. The maximum atomic E-state index is 15.3. The number of hydrogen-bond acceptors (Lipinski definition) is 7. The Kier molecular flexibility index (Phi) is 7.04. The molecule has 2 unspecified atom stereocenters. The van der Waals surface area contributed by atoms with Gasteiger partial charge in [-0.3, -0.25) is 18.4 Å². The fourth-order valence-corrected chi connectivity index (χ4v) is 8.19. The molecule has 4 aromatic heterocycles. The summed E-state index contributed by atoms with van der Waals surface area (Å²) >= 11 is 0. The summed E-state index contributed by atoms with van der Waals surface area (Å²) in [4.78, 5) is 26.1. The van der Waals surface area contributed by atoms with E-state index in [1.54, 1.807) is 25.2 Å². The Morgan fingerprint density at radius 2 is 1.76 bits per heavy atom. The summed E-state index contributed by atoms with van der Waals surface area (Å²) in [6.45, 7) is 4.68. The second-order valence-electron chi connectivity index (χ2n) is 13.9. The lowest BCUT2D eigenvalue weighted by Gasteiger charge is -2.21. The topological polar surface area (TPSA) is 113 Å². The number of hydrogen-bond donors (Lipinski definition) is 1. The smallest absolute Gasteiger partial charge is 0.255 e. The van der Waals surface area contributed by atoms with Crippen LogP contribution in [-0.4, -0.2) is 67.0 Å². The SMILES string of the molecule is CNC(=O)c1c(-c2ccc(C)cc2)oc2cc(N(C)S(C)(=O)=O)c(-c3ccc4nc(CN5CC6CC6C5)n5c6cccc(F)c6cc5c4n3)cc12. The van der Waals surface area contributed by atoms with Crippen LogP contribution in [0, 0.1) is 24.6 Å².